The second-order valence-corrected chi connectivity index (χ2v) is 10.3. The van der Waals surface area contributed by atoms with Crippen molar-refractivity contribution < 1.29 is 17.9 Å². The number of halogens is 3. The number of pyridine rings is 1. The third-order valence-electron chi connectivity index (χ3n) is 7.98. The summed E-state index contributed by atoms with van der Waals surface area (Å²) in [5.74, 6) is 1.06. The lowest BCUT2D eigenvalue weighted by atomic mass is 9.63. The van der Waals surface area contributed by atoms with E-state index in [0.717, 1.165) is 69.3 Å². The van der Waals surface area contributed by atoms with Gasteiger partial charge >= 0.3 is 6.18 Å². The first-order valence-corrected chi connectivity index (χ1v) is 12.3. The molecule has 2 saturated heterocycles. The molecule has 9 nitrogen and oxygen atoms in total. The molecule has 4 aromatic heterocycles. The van der Waals surface area contributed by atoms with Crippen molar-refractivity contribution in [1.82, 2.24) is 34.4 Å². The van der Waals surface area contributed by atoms with Gasteiger partial charge in [0.05, 0.1) is 37.2 Å². The minimum Gasteiger partial charge on any atom is -0.380 e. The zero-order valence-corrected chi connectivity index (χ0v) is 19.9. The van der Waals surface area contributed by atoms with Gasteiger partial charge in [-0.05, 0) is 31.0 Å². The number of aromatic nitrogens is 6. The molecular formula is C25H25F3N8O. The number of hydrogen-bond donors (Lipinski definition) is 1. The maximum absolute atomic E-state index is 13.3. The zero-order chi connectivity index (χ0) is 25.2. The van der Waals surface area contributed by atoms with E-state index in [0.29, 0.717) is 28.6 Å². The molecule has 6 heterocycles. The lowest BCUT2D eigenvalue weighted by Gasteiger charge is -2.58. The summed E-state index contributed by atoms with van der Waals surface area (Å²) >= 11 is 0. The highest BCUT2D eigenvalue weighted by molar-refractivity contribution is 5.59. The molecule has 1 N–H and O–H groups in total. The van der Waals surface area contributed by atoms with E-state index >= 15 is 0 Å². The number of H-pyrrole nitrogens is 1. The number of rotatable bonds is 4. The van der Waals surface area contributed by atoms with Crippen LogP contribution in [0.3, 0.4) is 0 Å². The molecule has 192 valence electrons. The van der Waals surface area contributed by atoms with E-state index in [4.69, 9.17) is 9.72 Å². The minimum absolute atomic E-state index is 0.152. The Morgan fingerprint density at radius 3 is 2.65 bits per heavy atom. The molecule has 1 saturated carbocycles. The highest BCUT2D eigenvalue weighted by atomic mass is 19.4. The number of piperazine rings is 1. The van der Waals surface area contributed by atoms with Crippen molar-refractivity contribution in [2.75, 3.05) is 37.7 Å². The number of fused-ring (bicyclic) bond motifs is 1. The Kier molecular flexibility index (Phi) is 5.05. The molecule has 3 fully saturated rings. The summed E-state index contributed by atoms with van der Waals surface area (Å²) in [6, 6.07) is 4.90. The molecular weight excluding hydrogens is 485 g/mol. The number of hydrogen-bond acceptors (Lipinski definition) is 7. The number of anilines is 1. The number of alkyl halides is 3. The van der Waals surface area contributed by atoms with Gasteiger partial charge in [0, 0.05) is 55.2 Å². The third-order valence-corrected chi connectivity index (χ3v) is 7.98. The summed E-state index contributed by atoms with van der Waals surface area (Å²) < 4.78 is 46.8. The van der Waals surface area contributed by atoms with E-state index in [9.17, 15) is 13.2 Å². The Balaban J connectivity index is 1.16. The van der Waals surface area contributed by atoms with Gasteiger partial charge in [0.15, 0.2) is 5.82 Å². The van der Waals surface area contributed by atoms with Gasteiger partial charge in [-0.2, -0.15) is 18.3 Å². The van der Waals surface area contributed by atoms with Crippen molar-refractivity contribution in [3.63, 3.8) is 0 Å². The van der Waals surface area contributed by atoms with Gasteiger partial charge in [-0.3, -0.25) is 14.4 Å². The van der Waals surface area contributed by atoms with E-state index in [1.54, 1.807) is 6.20 Å². The molecule has 0 unspecified atom stereocenters. The van der Waals surface area contributed by atoms with Crippen LogP contribution in [0.25, 0.3) is 17.2 Å². The fourth-order valence-corrected chi connectivity index (χ4v) is 5.95. The highest BCUT2D eigenvalue weighted by Crippen LogP contribution is 2.51. The maximum atomic E-state index is 13.3. The van der Waals surface area contributed by atoms with Crippen LogP contribution in [-0.4, -0.2) is 73.3 Å². The fraction of sp³-hybridized carbons (Fsp3) is 0.440. The molecule has 4 aromatic rings. The molecule has 3 aliphatic rings. The summed E-state index contributed by atoms with van der Waals surface area (Å²) in [4.78, 5) is 18.2. The minimum atomic E-state index is -4.45. The lowest BCUT2D eigenvalue weighted by molar-refractivity contribution is -0.189. The van der Waals surface area contributed by atoms with E-state index in [2.05, 4.69) is 30.0 Å². The van der Waals surface area contributed by atoms with Gasteiger partial charge < -0.3 is 9.64 Å². The molecule has 7 rings (SSSR count). The number of imidazole rings is 1. The predicted molar refractivity (Wildman–Crippen MR) is 128 cm³/mol. The van der Waals surface area contributed by atoms with Crippen molar-refractivity contribution in [3.8, 4) is 11.5 Å². The van der Waals surface area contributed by atoms with Crippen LogP contribution in [0, 0.1) is 5.41 Å². The molecule has 2 aliphatic heterocycles. The molecule has 12 heteroatoms. The second-order valence-electron chi connectivity index (χ2n) is 10.3. The van der Waals surface area contributed by atoms with Crippen LogP contribution in [0.5, 0.6) is 0 Å². The SMILES string of the molecule is FC(F)(F)c1ccc2ncc(-c3nccc(N4CCN(C5CC6(COC6)C5)[C@H](c5cn[nH]c5)C4)n3)n2c1. The monoisotopic (exact) mass is 510 g/mol. The van der Waals surface area contributed by atoms with Crippen molar-refractivity contribution in [2.24, 2.45) is 5.41 Å². The number of aromatic amines is 1. The zero-order valence-electron chi connectivity index (χ0n) is 19.9. The average molecular weight is 511 g/mol. The lowest BCUT2D eigenvalue weighted by Crippen LogP contribution is -2.63. The summed E-state index contributed by atoms with van der Waals surface area (Å²) in [6.45, 7) is 4.13. The van der Waals surface area contributed by atoms with Crippen LogP contribution >= 0.6 is 0 Å². The second kappa shape index (κ2) is 8.25. The van der Waals surface area contributed by atoms with Gasteiger partial charge in [-0.15, -0.1) is 0 Å². The van der Waals surface area contributed by atoms with E-state index < -0.39 is 11.7 Å². The Hall–Kier alpha value is -3.51. The smallest absolute Gasteiger partial charge is 0.380 e. The molecule has 0 aromatic carbocycles. The number of nitrogens with zero attached hydrogens (tertiary/aromatic N) is 7. The van der Waals surface area contributed by atoms with Gasteiger partial charge in [-0.25, -0.2) is 15.0 Å². The van der Waals surface area contributed by atoms with E-state index in [-0.39, 0.29) is 6.04 Å². The van der Waals surface area contributed by atoms with Crippen LogP contribution in [-0.2, 0) is 10.9 Å². The van der Waals surface area contributed by atoms with Crippen molar-refractivity contribution in [1.29, 1.82) is 0 Å². The third kappa shape index (κ3) is 3.86. The standard InChI is InChI=1S/C25H25F3N8O/c26-25(27,28)17-1-2-21-30-11-19(36(21)12-17)23-29-4-3-22(33-23)34-5-6-35(18-7-24(8-18)14-37-15-24)20(13-34)16-9-31-32-10-16/h1-4,9-12,18,20H,5-8,13-15H2,(H,31,32)/t20-/m0/s1. The average Bonchev–Trinajstić information content (AvgIpc) is 3.52. The molecule has 1 spiro atoms. The van der Waals surface area contributed by atoms with Crippen LogP contribution in [0.15, 0.2) is 49.2 Å². The van der Waals surface area contributed by atoms with Crippen molar-refractivity contribution in [3.05, 3.63) is 60.3 Å². The first-order valence-electron chi connectivity index (χ1n) is 12.3. The van der Waals surface area contributed by atoms with Crippen LogP contribution in [0.1, 0.15) is 30.0 Å². The normalized spacial score (nSPS) is 22.4. The summed E-state index contributed by atoms with van der Waals surface area (Å²) in [5, 5.41) is 7.13. The molecule has 1 aliphatic carbocycles. The first kappa shape index (κ1) is 22.7. The maximum Gasteiger partial charge on any atom is 0.417 e. The molecule has 37 heavy (non-hydrogen) atoms. The Labute approximate surface area is 210 Å². The van der Waals surface area contributed by atoms with E-state index in [1.807, 2.05) is 18.5 Å². The molecule has 0 amide bonds. The molecule has 0 bridgehead atoms. The largest absolute Gasteiger partial charge is 0.417 e. The number of nitrogens with one attached hydrogen (secondary N) is 1. The number of ether oxygens (including phenoxy) is 1. The van der Waals surface area contributed by atoms with Crippen LogP contribution < -0.4 is 4.90 Å². The first-order chi connectivity index (χ1) is 17.9. The topological polar surface area (TPSA) is 87.5 Å². The van der Waals surface area contributed by atoms with Gasteiger partial charge in [-0.1, -0.05) is 0 Å². The van der Waals surface area contributed by atoms with Crippen LogP contribution in [0.4, 0.5) is 19.0 Å². The predicted octanol–water partition coefficient (Wildman–Crippen LogP) is 3.58. The van der Waals surface area contributed by atoms with Gasteiger partial charge in [0.25, 0.3) is 0 Å². The van der Waals surface area contributed by atoms with Gasteiger partial charge in [0.1, 0.15) is 17.2 Å². The Morgan fingerprint density at radius 2 is 1.92 bits per heavy atom. The molecule has 0 radical (unpaired) electrons. The Morgan fingerprint density at radius 1 is 1.05 bits per heavy atom. The van der Waals surface area contributed by atoms with Crippen molar-refractivity contribution >= 4 is 11.5 Å². The quantitative estimate of drug-likeness (QED) is 0.449. The van der Waals surface area contributed by atoms with Gasteiger partial charge in [0.2, 0.25) is 0 Å². The van der Waals surface area contributed by atoms with E-state index in [1.165, 1.54) is 16.7 Å². The highest BCUT2D eigenvalue weighted by Gasteiger charge is 2.53. The Bertz CT molecular complexity index is 1420. The fourth-order valence-electron chi connectivity index (χ4n) is 5.95. The van der Waals surface area contributed by atoms with Crippen LogP contribution in [0.2, 0.25) is 0 Å². The summed E-state index contributed by atoms with van der Waals surface area (Å²) in [6.07, 6.45) is 5.90. The molecule has 1 atom stereocenters. The summed E-state index contributed by atoms with van der Waals surface area (Å²) in [7, 11) is 0. The van der Waals surface area contributed by atoms with Crippen molar-refractivity contribution in [2.45, 2.75) is 31.1 Å². The summed E-state index contributed by atoms with van der Waals surface area (Å²) in [5.41, 5.74) is 1.58.